The predicted octanol–water partition coefficient (Wildman–Crippen LogP) is 5.35. The average molecular weight is 490 g/mol. The number of phenolic OH excluding ortho intramolecular Hbond substituents is 1. The van der Waals surface area contributed by atoms with Crippen molar-refractivity contribution in [3.8, 4) is 11.5 Å². The van der Waals surface area contributed by atoms with Crippen molar-refractivity contribution in [1.29, 1.82) is 0 Å². The third-order valence-electron chi connectivity index (χ3n) is 6.30. The van der Waals surface area contributed by atoms with Crippen molar-refractivity contribution < 1.29 is 23.4 Å². The van der Waals surface area contributed by atoms with Gasteiger partial charge in [0.1, 0.15) is 23.7 Å². The molecule has 0 unspecified atom stereocenters. The maximum Gasteiger partial charge on any atom is 0.264 e. The summed E-state index contributed by atoms with van der Waals surface area (Å²) in [5, 5.41) is 10.6. The van der Waals surface area contributed by atoms with Crippen LogP contribution >= 0.6 is 0 Å². The van der Waals surface area contributed by atoms with Gasteiger partial charge in [0, 0.05) is 37.6 Å². The number of amides is 1. The zero-order chi connectivity index (χ0) is 25.1. The number of fused-ring (bicyclic) bond motifs is 1. The van der Waals surface area contributed by atoms with Crippen molar-refractivity contribution in [1.82, 2.24) is 14.5 Å². The van der Waals surface area contributed by atoms with Gasteiger partial charge in [0.05, 0.1) is 6.33 Å². The van der Waals surface area contributed by atoms with Crippen molar-refractivity contribution in [2.45, 2.75) is 32.5 Å². The van der Waals surface area contributed by atoms with E-state index in [0.717, 1.165) is 34.4 Å². The van der Waals surface area contributed by atoms with Crippen molar-refractivity contribution >= 4 is 5.91 Å². The topological polar surface area (TPSA) is 67.6 Å². The van der Waals surface area contributed by atoms with Gasteiger partial charge in [0.25, 0.3) is 12.3 Å². The van der Waals surface area contributed by atoms with Crippen molar-refractivity contribution in [3.05, 3.63) is 113 Å². The Morgan fingerprint density at radius 1 is 1.06 bits per heavy atom. The van der Waals surface area contributed by atoms with Gasteiger partial charge in [0.15, 0.2) is 0 Å². The SMILES string of the molecule is O=C(c1c(O)cc(C(F)F)cc1OCc1ccccc1)N1CCc2cc(Cn3ccnc3)ccc2C1. The van der Waals surface area contributed by atoms with Crippen LogP contribution in [0.3, 0.4) is 0 Å². The van der Waals surface area contributed by atoms with E-state index in [9.17, 15) is 18.7 Å². The van der Waals surface area contributed by atoms with E-state index in [1.807, 2.05) is 53.2 Å². The first-order valence-corrected chi connectivity index (χ1v) is 11.7. The molecule has 0 spiro atoms. The second kappa shape index (κ2) is 10.2. The van der Waals surface area contributed by atoms with E-state index >= 15 is 0 Å². The van der Waals surface area contributed by atoms with Gasteiger partial charge in [-0.05, 0) is 40.8 Å². The van der Waals surface area contributed by atoms with E-state index in [2.05, 4.69) is 11.1 Å². The van der Waals surface area contributed by atoms with Gasteiger partial charge in [-0.3, -0.25) is 4.79 Å². The molecule has 0 fully saturated rings. The lowest BCUT2D eigenvalue weighted by Gasteiger charge is -2.30. The van der Waals surface area contributed by atoms with E-state index < -0.39 is 23.6 Å². The molecule has 2 heterocycles. The van der Waals surface area contributed by atoms with Gasteiger partial charge in [-0.1, -0.05) is 48.5 Å². The van der Waals surface area contributed by atoms with Crippen LogP contribution in [0.15, 0.2) is 79.4 Å². The van der Waals surface area contributed by atoms with Crippen LogP contribution in [0, 0.1) is 0 Å². The first-order valence-electron chi connectivity index (χ1n) is 11.7. The molecule has 5 rings (SSSR count). The maximum absolute atomic E-state index is 13.5. The van der Waals surface area contributed by atoms with Crippen LogP contribution in [-0.4, -0.2) is 32.0 Å². The molecule has 1 aromatic heterocycles. The molecule has 0 aliphatic carbocycles. The quantitative estimate of drug-likeness (QED) is 0.380. The third kappa shape index (κ3) is 5.07. The summed E-state index contributed by atoms with van der Waals surface area (Å²) in [6.45, 7) is 1.58. The molecule has 1 aliphatic heterocycles. The van der Waals surface area contributed by atoms with Gasteiger partial charge in [0.2, 0.25) is 0 Å². The number of carbonyl (C=O) groups is 1. The second-order valence-electron chi connectivity index (χ2n) is 8.80. The normalized spacial score (nSPS) is 13.0. The lowest BCUT2D eigenvalue weighted by Crippen LogP contribution is -2.36. The third-order valence-corrected chi connectivity index (χ3v) is 6.30. The number of phenols is 1. The minimum atomic E-state index is -2.81. The van der Waals surface area contributed by atoms with Crippen LogP contribution in [0.2, 0.25) is 0 Å². The molecule has 0 radical (unpaired) electrons. The lowest BCUT2D eigenvalue weighted by atomic mass is 9.96. The zero-order valence-electron chi connectivity index (χ0n) is 19.5. The van der Waals surface area contributed by atoms with Crippen molar-refractivity contribution in [2.24, 2.45) is 0 Å². The van der Waals surface area contributed by atoms with E-state index in [1.54, 1.807) is 17.4 Å². The Bertz CT molecular complexity index is 1360. The molecular weight excluding hydrogens is 464 g/mol. The fourth-order valence-corrected chi connectivity index (χ4v) is 4.44. The first-order chi connectivity index (χ1) is 17.5. The monoisotopic (exact) mass is 489 g/mol. The number of aromatic nitrogens is 2. The van der Waals surface area contributed by atoms with E-state index in [4.69, 9.17) is 4.74 Å². The Hall–Kier alpha value is -4.20. The summed E-state index contributed by atoms with van der Waals surface area (Å²) in [7, 11) is 0. The fraction of sp³-hybridized carbons (Fsp3) is 0.214. The van der Waals surface area contributed by atoms with E-state index in [1.165, 1.54) is 0 Å². The number of halogens is 2. The second-order valence-corrected chi connectivity index (χ2v) is 8.80. The largest absolute Gasteiger partial charge is 0.507 e. The van der Waals surface area contributed by atoms with Gasteiger partial charge >= 0.3 is 0 Å². The Kier molecular flexibility index (Phi) is 6.66. The molecule has 0 saturated carbocycles. The molecule has 8 heteroatoms. The van der Waals surface area contributed by atoms with Crippen LogP contribution in [0.1, 0.15) is 44.6 Å². The molecule has 36 heavy (non-hydrogen) atoms. The first kappa shape index (κ1) is 23.5. The van der Waals surface area contributed by atoms with Crippen LogP contribution in [0.4, 0.5) is 8.78 Å². The van der Waals surface area contributed by atoms with Crippen LogP contribution in [0.25, 0.3) is 0 Å². The highest BCUT2D eigenvalue weighted by Gasteiger charge is 2.28. The number of nitrogens with zero attached hydrogens (tertiary/aromatic N) is 3. The lowest BCUT2D eigenvalue weighted by molar-refractivity contribution is 0.0725. The summed E-state index contributed by atoms with van der Waals surface area (Å²) in [6, 6.07) is 17.4. The van der Waals surface area contributed by atoms with Crippen LogP contribution in [-0.2, 0) is 26.1 Å². The average Bonchev–Trinajstić information content (AvgIpc) is 3.40. The predicted molar refractivity (Wildman–Crippen MR) is 130 cm³/mol. The minimum absolute atomic E-state index is 0.0550. The molecule has 6 nitrogen and oxygen atoms in total. The molecular formula is C28H25F2N3O3. The van der Waals surface area contributed by atoms with Gasteiger partial charge in [-0.25, -0.2) is 13.8 Å². The molecule has 184 valence electrons. The Morgan fingerprint density at radius 3 is 2.64 bits per heavy atom. The Labute approximate surface area is 207 Å². The fourth-order valence-electron chi connectivity index (χ4n) is 4.44. The maximum atomic E-state index is 13.5. The van der Waals surface area contributed by atoms with Gasteiger partial charge in [-0.2, -0.15) is 0 Å². The molecule has 3 aromatic carbocycles. The summed E-state index contributed by atoms with van der Waals surface area (Å²) in [5.74, 6) is -1.02. The number of hydrogen-bond donors (Lipinski definition) is 1. The molecule has 4 aromatic rings. The number of hydrogen-bond acceptors (Lipinski definition) is 4. The van der Waals surface area contributed by atoms with Crippen molar-refractivity contribution in [2.75, 3.05) is 6.54 Å². The summed E-state index contributed by atoms with van der Waals surface area (Å²) >= 11 is 0. The number of carbonyl (C=O) groups excluding carboxylic acids is 1. The van der Waals surface area contributed by atoms with E-state index in [0.29, 0.717) is 26.1 Å². The number of alkyl halides is 2. The molecule has 1 aliphatic rings. The molecule has 1 amide bonds. The zero-order valence-corrected chi connectivity index (χ0v) is 19.5. The summed E-state index contributed by atoms with van der Waals surface area (Å²) in [6.07, 6.45) is 3.25. The Balaban J connectivity index is 1.38. The summed E-state index contributed by atoms with van der Waals surface area (Å²) in [5.41, 5.74) is 3.63. The highest BCUT2D eigenvalue weighted by atomic mass is 19.3. The standard InChI is InChI=1S/C28H25F2N3O3/c29-27(30)23-13-24(34)26(25(14-23)36-17-19-4-2-1-3-5-19)28(35)33-10-8-21-12-20(6-7-22(21)16-33)15-32-11-9-31-18-32/h1-7,9,11-14,18,27,34H,8,10,15-17H2. The number of imidazole rings is 1. The minimum Gasteiger partial charge on any atom is -0.507 e. The molecule has 0 saturated heterocycles. The number of rotatable bonds is 7. The highest BCUT2D eigenvalue weighted by Crippen LogP contribution is 2.36. The Morgan fingerprint density at radius 2 is 1.89 bits per heavy atom. The number of ether oxygens (including phenoxy) is 1. The number of benzene rings is 3. The highest BCUT2D eigenvalue weighted by molar-refractivity contribution is 6.00. The van der Waals surface area contributed by atoms with Gasteiger partial charge in [-0.15, -0.1) is 0 Å². The summed E-state index contributed by atoms with van der Waals surface area (Å²) in [4.78, 5) is 19.2. The van der Waals surface area contributed by atoms with E-state index in [-0.39, 0.29) is 17.9 Å². The molecule has 1 N–H and O–H groups in total. The van der Waals surface area contributed by atoms with Crippen molar-refractivity contribution in [3.63, 3.8) is 0 Å². The molecule has 0 bridgehead atoms. The van der Waals surface area contributed by atoms with Gasteiger partial charge < -0.3 is 19.3 Å². The van der Waals surface area contributed by atoms with Crippen LogP contribution in [0.5, 0.6) is 11.5 Å². The smallest absolute Gasteiger partial charge is 0.264 e. The summed E-state index contributed by atoms with van der Waals surface area (Å²) < 4.78 is 34.6. The molecule has 0 atom stereocenters. The van der Waals surface area contributed by atoms with Crippen LogP contribution < -0.4 is 4.74 Å². The number of aromatic hydroxyl groups is 1.